The number of nitrogens with one attached hydrogen (secondary N) is 2. The molecule has 0 unspecified atom stereocenters. The normalized spacial score (nSPS) is 11.5. The van der Waals surface area contributed by atoms with Crippen molar-refractivity contribution in [3.05, 3.63) is 54.1 Å². The summed E-state index contributed by atoms with van der Waals surface area (Å²) in [4.78, 5) is 24.2. The topological polar surface area (TPSA) is 67.4 Å². The fraction of sp³-hybridized carbons (Fsp3) is 0.263. The van der Waals surface area contributed by atoms with Gasteiger partial charge in [-0.3, -0.25) is 9.59 Å². The number of aryl methyl sites for hydroxylation is 1. The van der Waals surface area contributed by atoms with E-state index in [1.165, 1.54) is 11.8 Å². The molecule has 6 heteroatoms. The second-order valence-corrected chi connectivity index (χ2v) is 6.91. The first kappa shape index (κ1) is 18.9. The maximum atomic E-state index is 12.2. The van der Waals surface area contributed by atoms with E-state index in [2.05, 4.69) is 10.6 Å². The van der Waals surface area contributed by atoms with Gasteiger partial charge in [0.15, 0.2) is 0 Å². The Hall–Kier alpha value is -2.47. The van der Waals surface area contributed by atoms with E-state index in [1.807, 2.05) is 31.2 Å². The third-order valence-corrected chi connectivity index (χ3v) is 4.67. The summed E-state index contributed by atoms with van der Waals surface area (Å²) in [5.41, 5.74) is 2.59. The van der Waals surface area contributed by atoms with Crippen molar-refractivity contribution in [2.45, 2.75) is 19.1 Å². The molecule has 132 valence electrons. The van der Waals surface area contributed by atoms with Crippen molar-refractivity contribution < 1.29 is 14.3 Å². The van der Waals surface area contributed by atoms with Crippen molar-refractivity contribution >= 4 is 35.0 Å². The molecule has 0 radical (unpaired) electrons. The number of carbonyl (C=O) groups excluding carboxylic acids is 2. The van der Waals surface area contributed by atoms with Gasteiger partial charge in [-0.15, -0.1) is 11.8 Å². The SMILES string of the molecule is COc1ccc(NC(=O)[C@H](C)SCC(=O)Nc2ccc(C)cc2)cc1. The second-order valence-electron chi connectivity index (χ2n) is 5.59. The van der Waals surface area contributed by atoms with E-state index in [9.17, 15) is 9.59 Å². The van der Waals surface area contributed by atoms with Gasteiger partial charge in [0.25, 0.3) is 0 Å². The average molecular weight is 358 g/mol. The second kappa shape index (κ2) is 9.13. The minimum atomic E-state index is -0.342. The first-order valence-electron chi connectivity index (χ1n) is 7.91. The van der Waals surface area contributed by atoms with Gasteiger partial charge >= 0.3 is 0 Å². The molecule has 2 aromatic rings. The standard InChI is InChI=1S/C19H22N2O3S/c1-13-4-6-15(7-5-13)20-18(22)12-25-14(2)19(23)21-16-8-10-17(24-3)11-9-16/h4-11,14H,12H2,1-3H3,(H,20,22)(H,21,23)/t14-/m0/s1. The monoisotopic (exact) mass is 358 g/mol. The molecular weight excluding hydrogens is 336 g/mol. The van der Waals surface area contributed by atoms with Gasteiger partial charge in [-0.2, -0.15) is 0 Å². The zero-order chi connectivity index (χ0) is 18.2. The lowest BCUT2D eigenvalue weighted by molar-refractivity contribution is -0.115. The maximum absolute atomic E-state index is 12.2. The highest BCUT2D eigenvalue weighted by Crippen LogP contribution is 2.18. The van der Waals surface area contributed by atoms with Gasteiger partial charge in [0.05, 0.1) is 18.1 Å². The number of amides is 2. The maximum Gasteiger partial charge on any atom is 0.237 e. The van der Waals surface area contributed by atoms with E-state index in [0.717, 1.165) is 17.0 Å². The zero-order valence-electron chi connectivity index (χ0n) is 14.5. The summed E-state index contributed by atoms with van der Waals surface area (Å²) in [7, 11) is 1.59. The smallest absolute Gasteiger partial charge is 0.237 e. The molecule has 2 rings (SSSR count). The Bertz CT molecular complexity index is 714. The van der Waals surface area contributed by atoms with Crippen LogP contribution in [0.25, 0.3) is 0 Å². The average Bonchev–Trinajstić information content (AvgIpc) is 2.62. The predicted octanol–water partition coefficient (Wildman–Crippen LogP) is 3.70. The molecule has 2 amide bonds. The number of benzene rings is 2. The molecule has 0 aliphatic rings. The van der Waals surface area contributed by atoms with E-state index in [0.29, 0.717) is 5.69 Å². The molecule has 0 bridgehead atoms. The van der Waals surface area contributed by atoms with Crippen LogP contribution in [0.3, 0.4) is 0 Å². The minimum absolute atomic E-state index is 0.127. The summed E-state index contributed by atoms with van der Waals surface area (Å²) in [5, 5.41) is 5.30. The molecule has 0 aliphatic heterocycles. The fourth-order valence-corrected chi connectivity index (χ4v) is 2.71. The molecule has 0 aromatic heterocycles. The number of hydrogen-bond donors (Lipinski definition) is 2. The van der Waals surface area contributed by atoms with E-state index in [-0.39, 0.29) is 22.8 Å². The Morgan fingerprint density at radius 3 is 2.16 bits per heavy atom. The van der Waals surface area contributed by atoms with Crippen molar-refractivity contribution in [2.24, 2.45) is 0 Å². The summed E-state index contributed by atoms with van der Waals surface area (Å²) >= 11 is 1.29. The van der Waals surface area contributed by atoms with Crippen LogP contribution in [-0.2, 0) is 9.59 Å². The van der Waals surface area contributed by atoms with Crippen LogP contribution in [0.4, 0.5) is 11.4 Å². The van der Waals surface area contributed by atoms with Crippen molar-refractivity contribution in [3.63, 3.8) is 0 Å². The predicted molar refractivity (Wildman–Crippen MR) is 103 cm³/mol. The molecular formula is C19H22N2O3S. The first-order chi connectivity index (χ1) is 12.0. The lowest BCUT2D eigenvalue weighted by Gasteiger charge is -2.12. The van der Waals surface area contributed by atoms with Gasteiger partial charge in [0, 0.05) is 11.4 Å². The Kier molecular flexibility index (Phi) is 6.89. The number of carbonyl (C=O) groups is 2. The molecule has 25 heavy (non-hydrogen) atoms. The summed E-state index contributed by atoms with van der Waals surface area (Å²) < 4.78 is 5.08. The summed E-state index contributed by atoms with van der Waals surface area (Å²) in [6, 6.07) is 14.7. The summed E-state index contributed by atoms with van der Waals surface area (Å²) in [5.74, 6) is 0.676. The molecule has 2 aromatic carbocycles. The molecule has 0 saturated carbocycles. The van der Waals surface area contributed by atoms with Crippen LogP contribution in [0.5, 0.6) is 5.75 Å². The molecule has 1 atom stereocenters. The van der Waals surface area contributed by atoms with Crippen molar-refractivity contribution in [1.82, 2.24) is 0 Å². The Balaban J connectivity index is 1.77. The lowest BCUT2D eigenvalue weighted by atomic mass is 10.2. The number of ether oxygens (including phenoxy) is 1. The number of methoxy groups -OCH3 is 1. The first-order valence-corrected chi connectivity index (χ1v) is 8.96. The number of hydrogen-bond acceptors (Lipinski definition) is 4. The number of thioether (sulfide) groups is 1. The van der Waals surface area contributed by atoms with Crippen LogP contribution < -0.4 is 15.4 Å². The Morgan fingerprint density at radius 2 is 1.56 bits per heavy atom. The molecule has 0 spiro atoms. The van der Waals surface area contributed by atoms with E-state index in [1.54, 1.807) is 38.3 Å². The van der Waals surface area contributed by atoms with Crippen LogP contribution in [0.1, 0.15) is 12.5 Å². The van der Waals surface area contributed by atoms with E-state index < -0.39 is 0 Å². The third kappa shape index (κ3) is 6.15. The number of anilines is 2. The van der Waals surface area contributed by atoms with Gasteiger partial charge in [0.2, 0.25) is 11.8 Å². The highest BCUT2D eigenvalue weighted by Gasteiger charge is 2.15. The highest BCUT2D eigenvalue weighted by atomic mass is 32.2. The number of rotatable bonds is 7. The molecule has 5 nitrogen and oxygen atoms in total. The third-order valence-electron chi connectivity index (χ3n) is 3.53. The minimum Gasteiger partial charge on any atom is -0.497 e. The van der Waals surface area contributed by atoms with Crippen LogP contribution >= 0.6 is 11.8 Å². The zero-order valence-corrected chi connectivity index (χ0v) is 15.4. The van der Waals surface area contributed by atoms with Gasteiger partial charge in [0.1, 0.15) is 5.75 Å². The quantitative estimate of drug-likeness (QED) is 0.792. The van der Waals surface area contributed by atoms with Gasteiger partial charge in [-0.05, 0) is 50.2 Å². The van der Waals surface area contributed by atoms with Crippen molar-refractivity contribution in [3.8, 4) is 5.75 Å². The summed E-state index contributed by atoms with van der Waals surface area (Å²) in [6.07, 6.45) is 0. The lowest BCUT2D eigenvalue weighted by Crippen LogP contribution is -2.25. The molecule has 0 heterocycles. The van der Waals surface area contributed by atoms with Crippen molar-refractivity contribution in [1.29, 1.82) is 0 Å². The van der Waals surface area contributed by atoms with Crippen LogP contribution in [0.15, 0.2) is 48.5 Å². The fourth-order valence-electron chi connectivity index (χ4n) is 2.03. The van der Waals surface area contributed by atoms with Crippen molar-refractivity contribution in [2.75, 3.05) is 23.5 Å². The molecule has 0 fully saturated rings. The van der Waals surface area contributed by atoms with E-state index in [4.69, 9.17) is 4.74 Å². The van der Waals surface area contributed by atoms with Crippen LogP contribution in [0.2, 0.25) is 0 Å². The van der Waals surface area contributed by atoms with Gasteiger partial charge in [-0.25, -0.2) is 0 Å². The van der Waals surface area contributed by atoms with Crippen LogP contribution in [-0.4, -0.2) is 29.9 Å². The Labute approximate surface area is 152 Å². The van der Waals surface area contributed by atoms with Gasteiger partial charge < -0.3 is 15.4 Å². The summed E-state index contributed by atoms with van der Waals surface area (Å²) in [6.45, 7) is 3.77. The Morgan fingerprint density at radius 1 is 1.00 bits per heavy atom. The molecule has 0 aliphatic carbocycles. The van der Waals surface area contributed by atoms with Crippen LogP contribution in [0, 0.1) is 6.92 Å². The van der Waals surface area contributed by atoms with E-state index >= 15 is 0 Å². The highest BCUT2D eigenvalue weighted by molar-refractivity contribution is 8.01. The molecule has 2 N–H and O–H groups in total. The molecule has 0 saturated heterocycles. The largest absolute Gasteiger partial charge is 0.497 e. The van der Waals surface area contributed by atoms with Gasteiger partial charge in [-0.1, -0.05) is 17.7 Å².